The number of likely N-dealkylation sites (N-methyl/N-ethyl adjacent to an activating group) is 1. The summed E-state index contributed by atoms with van der Waals surface area (Å²) in [6.07, 6.45) is -8.64. The number of imide groups is 1. The Morgan fingerprint density at radius 1 is 0.841 bits per heavy atom. The molecule has 562 valence electrons. The number of pyridine rings is 1. The van der Waals surface area contributed by atoms with Crippen LogP contribution in [0, 0.1) is 0 Å². The SMILES string of the molecule is CO/C(C)=C1/NC(=O)C(C(C)O)NC(=O)c2csc(n2)-c2cc(O)c(-c3nc(C(=O)NC(N)=O)cs3)nc2-c2csc(n2)C2COC(=O)c3c4c5c(cccc5n3O)COC(=O)C(OC3CC5(C)OC(C(=O)NCCN6CCOCC6)N(C)C5C(C)O3)C(OC4)C(NC(=O)c3csc1n3)c1nc(cs1)C(=O)N2. The van der Waals surface area contributed by atoms with E-state index in [-0.39, 0.29) is 110 Å². The fraction of sp³-hybridized carbons (Fsp3) is 0.409. The number of primary amides is 1. The summed E-state index contributed by atoms with van der Waals surface area (Å²) in [5.74, 6) is -7.81. The molecule has 8 aromatic rings. The van der Waals surface area contributed by atoms with Crippen LogP contribution in [0.5, 0.6) is 5.75 Å². The zero-order valence-corrected chi connectivity index (χ0v) is 61.5. The van der Waals surface area contributed by atoms with E-state index in [4.69, 9.17) is 58.6 Å². The van der Waals surface area contributed by atoms with E-state index in [1.54, 1.807) is 37.9 Å². The molecular weight excluding hydrogens is 1500 g/mol. The van der Waals surface area contributed by atoms with Gasteiger partial charge in [0.1, 0.15) is 120 Å². The second-order valence-electron chi connectivity index (χ2n) is 25.7. The Morgan fingerprint density at radius 2 is 1.53 bits per heavy atom. The van der Waals surface area contributed by atoms with Crippen LogP contribution in [0.4, 0.5) is 4.79 Å². The van der Waals surface area contributed by atoms with E-state index in [9.17, 15) is 39.4 Å². The van der Waals surface area contributed by atoms with E-state index in [2.05, 4.69) is 46.4 Å². The molecule has 1 aromatic carbocycles. The van der Waals surface area contributed by atoms with Crippen molar-refractivity contribution in [2.24, 2.45) is 5.73 Å². The lowest BCUT2D eigenvalue weighted by Crippen LogP contribution is -2.59. The lowest BCUT2D eigenvalue weighted by Gasteiger charge is -2.45. The standard InChI is InChI=1S/C66H68N16O20S5/c1-26(83)42-55(89)77-43(27(2)95-6)59-72-36(24-105-59)53(87)78-46-48-49(101-40-17-66(4)50(28(3)100-40)80(5)62(102-66)56(90)68-10-11-81-12-14-96-15-13-81)64(92)98-18-29-8-7-9-38-41(29)31(19-97-48)47(82(38)94)63(91)99-20-32(69-51(85)34-23-107-61(46)74-34)58-70-33(21-104-58)44-30(57-71-35(22-103-57)52(86)76-42)16-39(84)45(75-44)60-73-37(25-106-60)54(88)79-65(67)93/h7-9,16,21-26,28,32,40,42,46,48-50,62,83-84,94H,10-15,17-20H2,1-6H3,(H,68,90)(H,69,85)(H,76,86)(H,77,89)(H,78,87)(H3,67,79,88,93)/b43-27+. The molecule has 3 fully saturated rings. The third-order valence-corrected chi connectivity index (χ3v) is 23.1. The number of morpholine rings is 1. The summed E-state index contributed by atoms with van der Waals surface area (Å²) in [7, 11) is 3.05. The van der Waals surface area contributed by atoms with Gasteiger partial charge in [0.2, 0.25) is 5.91 Å². The number of carbonyl (C=O) groups excluding carboxylic acids is 9. The third-order valence-electron chi connectivity index (χ3n) is 18.7. The monoisotopic (exact) mass is 1560 g/mol. The van der Waals surface area contributed by atoms with Crippen LogP contribution in [0.25, 0.3) is 49.3 Å². The molecule has 14 rings (SSSR count). The summed E-state index contributed by atoms with van der Waals surface area (Å²) in [6, 6.07) is -0.550. The number of nitrogens with one attached hydrogen (secondary N) is 6. The largest absolute Gasteiger partial charge is 0.506 e. The highest BCUT2D eigenvalue weighted by atomic mass is 32.1. The molecule has 11 unspecified atom stereocenters. The molecule has 0 radical (unpaired) electrons. The van der Waals surface area contributed by atoms with Crippen LogP contribution in [-0.4, -0.2) is 228 Å². The number of hydrogen-bond donors (Lipinski definition) is 10. The van der Waals surface area contributed by atoms with Crippen molar-refractivity contribution < 1.29 is 96.5 Å². The van der Waals surface area contributed by atoms with Gasteiger partial charge in [-0.25, -0.2) is 44.3 Å². The van der Waals surface area contributed by atoms with E-state index in [1.165, 1.54) is 60.0 Å². The molecule has 36 nitrogen and oxygen atoms in total. The van der Waals surface area contributed by atoms with Crippen LogP contribution in [-0.2, 0) is 65.5 Å². The van der Waals surface area contributed by atoms with Gasteiger partial charge in [0.25, 0.3) is 29.5 Å². The molecule has 0 spiro atoms. The van der Waals surface area contributed by atoms with Gasteiger partial charge in [-0.1, -0.05) is 12.1 Å². The summed E-state index contributed by atoms with van der Waals surface area (Å²) in [5.41, 5.74) is 2.52. The lowest BCUT2D eigenvalue weighted by molar-refractivity contribution is -0.269. The van der Waals surface area contributed by atoms with Crippen molar-refractivity contribution in [2.75, 3.05) is 60.2 Å². The van der Waals surface area contributed by atoms with Gasteiger partial charge < -0.3 is 85.6 Å². The number of thiazole rings is 5. The topological polar surface area (TPSA) is 475 Å². The average Bonchev–Trinajstić information content (AvgIpc) is 1.59. The number of nitrogens with two attached hydrogens (primary N) is 1. The maximum Gasteiger partial charge on any atom is 0.358 e. The van der Waals surface area contributed by atoms with Gasteiger partial charge in [0.05, 0.1) is 56.3 Å². The molecule has 0 saturated carbocycles. The van der Waals surface area contributed by atoms with E-state index in [0.29, 0.717) is 31.0 Å². The molecular formula is C66H68N16O20S5. The van der Waals surface area contributed by atoms with E-state index in [0.717, 1.165) is 69.8 Å². The van der Waals surface area contributed by atoms with Gasteiger partial charge >= 0.3 is 18.0 Å². The Balaban J connectivity index is 0.896. The summed E-state index contributed by atoms with van der Waals surface area (Å²) >= 11 is 4.44. The van der Waals surface area contributed by atoms with E-state index in [1.807, 2.05) is 5.32 Å². The van der Waals surface area contributed by atoms with Crippen LogP contribution in [0.2, 0.25) is 0 Å². The minimum atomic E-state index is -1.95. The van der Waals surface area contributed by atoms with Gasteiger partial charge in [-0.15, -0.1) is 56.7 Å². The Morgan fingerprint density at radius 3 is 2.29 bits per heavy atom. The Kier molecular flexibility index (Phi) is 21.0. The first kappa shape index (κ1) is 74.0. The summed E-state index contributed by atoms with van der Waals surface area (Å²) in [4.78, 5) is 160. The minimum Gasteiger partial charge on any atom is -0.506 e. The average molecular weight is 1570 g/mol. The van der Waals surface area contributed by atoms with Gasteiger partial charge in [0, 0.05) is 76.0 Å². The van der Waals surface area contributed by atoms with Gasteiger partial charge in [-0.05, 0) is 52.4 Å². The van der Waals surface area contributed by atoms with Crippen molar-refractivity contribution in [3.8, 4) is 38.4 Å². The highest BCUT2D eigenvalue weighted by molar-refractivity contribution is 7.14. The number of aliphatic hydroxyl groups excluding tert-OH is 1. The number of allylic oxidation sites excluding steroid dienone is 1. The molecule has 0 aliphatic carbocycles. The number of rotatable bonds is 10. The number of nitrogens with zero attached hydrogens (tertiary/aromatic N) is 9. The molecule has 41 heteroatoms. The first-order valence-electron chi connectivity index (χ1n) is 33.2. The second kappa shape index (κ2) is 30.4. The van der Waals surface area contributed by atoms with Crippen molar-refractivity contribution in [3.63, 3.8) is 0 Å². The van der Waals surface area contributed by atoms with Gasteiger partial charge in [-0.3, -0.25) is 43.9 Å². The van der Waals surface area contributed by atoms with Crippen LogP contribution in [0.15, 0.2) is 56.9 Å². The molecule has 12 bridgehead atoms. The number of hydrogen-bond acceptors (Lipinski definition) is 33. The number of esters is 2. The Labute approximate surface area is 625 Å². The van der Waals surface area contributed by atoms with Crippen molar-refractivity contribution in [3.05, 3.63) is 112 Å². The van der Waals surface area contributed by atoms with Crippen molar-refractivity contribution in [1.29, 1.82) is 0 Å². The molecule has 7 aromatic heterocycles. The number of methoxy groups -OCH3 is 1. The van der Waals surface area contributed by atoms with Crippen molar-refractivity contribution >= 4 is 127 Å². The number of aromatic hydroxyl groups is 1. The van der Waals surface area contributed by atoms with E-state index < -0.39 is 151 Å². The first-order valence-corrected chi connectivity index (χ1v) is 37.6. The number of aromatic nitrogens is 7. The molecule has 3 saturated heterocycles. The number of urea groups is 1. The number of carbonyl (C=O) groups is 9. The van der Waals surface area contributed by atoms with Gasteiger partial charge in [-0.2, -0.15) is 4.73 Å². The molecule has 13 heterocycles. The predicted molar refractivity (Wildman–Crippen MR) is 378 cm³/mol. The van der Waals surface area contributed by atoms with Crippen molar-refractivity contribution in [1.82, 2.24) is 76.3 Å². The fourth-order valence-corrected chi connectivity index (χ4v) is 17.7. The van der Waals surface area contributed by atoms with Gasteiger partial charge in [0.15, 0.2) is 24.3 Å². The number of benzene rings is 1. The highest BCUT2D eigenvalue weighted by Gasteiger charge is 2.59. The summed E-state index contributed by atoms with van der Waals surface area (Å²) in [6.45, 7) is 7.97. The first-order chi connectivity index (χ1) is 51.3. The maximum absolute atomic E-state index is 15.5. The summed E-state index contributed by atoms with van der Waals surface area (Å²) in [5, 5.41) is 58.2. The van der Waals surface area contributed by atoms with Crippen LogP contribution in [0.3, 0.4) is 0 Å². The molecule has 6 aliphatic heterocycles. The Bertz CT molecular complexity index is 4910. The quantitative estimate of drug-likeness (QED) is 0.0534. The van der Waals surface area contributed by atoms with Crippen LogP contribution < -0.4 is 37.6 Å². The lowest BCUT2D eigenvalue weighted by atomic mass is 9.86. The fourth-order valence-electron chi connectivity index (χ4n) is 13.5. The van der Waals surface area contributed by atoms with E-state index >= 15 is 19.2 Å². The number of aliphatic hydroxyl groups is 1. The van der Waals surface area contributed by atoms with Crippen LogP contribution >= 0.6 is 56.7 Å². The maximum atomic E-state index is 15.5. The molecule has 8 amide bonds. The van der Waals surface area contributed by atoms with Crippen molar-refractivity contribution in [2.45, 2.75) is 114 Å². The number of amides is 8. The zero-order valence-electron chi connectivity index (χ0n) is 57.5. The third kappa shape index (κ3) is 14.8. The normalized spacial score (nSPS) is 25.4. The highest BCUT2D eigenvalue weighted by Crippen LogP contribution is 2.46. The number of cyclic esters (lactones) is 2. The van der Waals surface area contributed by atoms with Crippen LogP contribution in [0.1, 0.15) is 125 Å². The molecule has 11 N–H and O–H groups in total. The second-order valence-corrected chi connectivity index (χ2v) is 30.1. The molecule has 107 heavy (non-hydrogen) atoms. The molecule has 6 aliphatic rings. The predicted octanol–water partition coefficient (Wildman–Crippen LogP) is 3.15. The Hall–Kier alpha value is -9.89. The molecule has 11 atom stereocenters. The smallest absolute Gasteiger partial charge is 0.358 e. The number of ether oxygens (including phenoxy) is 8. The zero-order chi connectivity index (χ0) is 75.4. The minimum absolute atomic E-state index is 0.00174. The number of fused-ring (bicyclic) bond motifs is 16. The summed E-state index contributed by atoms with van der Waals surface area (Å²) < 4.78 is 51.1.